The number of rotatable bonds is 5. The van der Waals surface area contributed by atoms with Crippen LogP contribution in [0.25, 0.3) is 0 Å². The summed E-state index contributed by atoms with van der Waals surface area (Å²) >= 11 is 3.47. The molecule has 1 N–H and O–H groups in total. The van der Waals surface area contributed by atoms with Gasteiger partial charge in [-0.2, -0.15) is 0 Å². The Bertz CT molecular complexity index is 590. The van der Waals surface area contributed by atoms with Crippen LogP contribution in [0.5, 0.6) is 11.5 Å². The van der Waals surface area contributed by atoms with Crippen molar-refractivity contribution in [1.82, 2.24) is 5.32 Å². The Morgan fingerprint density at radius 1 is 1.15 bits per heavy atom. The summed E-state index contributed by atoms with van der Waals surface area (Å²) in [5.74, 6) is 1.77. The molecule has 2 nitrogen and oxygen atoms in total. The second-order valence-electron chi connectivity index (χ2n) is 5.31. The summed E-state index contributed by atoms with van der Waals surface area (Å²) in [5.41, 5.74) is 2.43. The maximum absolute atomic E-state index is 5.93. The maximum atomic E-state index is 5.93. The minimum Gasteiger partial charge on any atom is -0.457 e. The van der Waals surface area contributed by atoms with E-state index in [1.807, 2.05) is 30.3 Å². The van der Waals surface area contributed by atoms with E-state index in [1.54, 1.807) is 0 Å². The third kappa shape index (κ3) is 3.62. The lowest BCUT2D eigenvalue weighted by Gasteiger charge is -2.10. The zero-order valence-electron chi connectivity index (χ0n) is 11.5. The molecule has 3 heteroatoms. The monoisotopic (exact) mass is 331 g/mol. The highest BCUT2D eigenvalue weighted by atomic mass is 79.9. The first-order valence-electron chi connectivity index (χ1n) is 6.97. The average molecular weight is 332 g/mol. The van der Waals surface area contributed by atoms with E-state index in [0.29, 0.717) is 0 Å². The van der Waals surface area contributed by atoms with Crippen LogP contribution in [-0.4, -0.2) is 6.04 Å². The van der Waals surface area contributed by atoms with Crippen LogP contribution < -0.4 is 10.1 Å². The fourth-order valence-corrected chi connectivity index (χ4v) is 2.38. The number of ether oxygens (including phenoxy) is 1. The predicted octanol–water partition coefficient (Wildman–Crippen LogP) is 4.80. The maximum Gasteiger partial charge on any atom is 0.131 e. The van der Waals surface area contributed by atoms with E-state index in [0.717, 1.165) is 34.1 Å². The number of nitrogens with one attached hydrogen (secondary N) is 1. The van der Waals surface area contributed by atoms with Gasteiger partial charge in [-0.25, -0.2) is 0 Å². The third-order valence-electron chi connectivity index (χ3n) is 3.47. The average Bonchev–Trinajstić information content (AvgIpc) is 3.26. The van der Waals surface area contributed by atoms with Crippen molar-refractivity contribution in [2.24, 2.45) is 0 Å². The summed E-state index contributed by atoms with van der Waals surface area (Å²) in [7, 11) is 0. The normalized spacial score (nSPS) is 14.3. The number of hydrogen-bond acceptors (Lipinski definition) is 2. The van der Waals surface area contributed by atoms with Gasteiger partial charge < -0.3 is 10.1 Å². The van der Waals surface area contributed by atoms with Crippen LogP contribution in [-0.2, 0) is 6.54 Å². The zero-order valence-corrected chi connectivity index (χ0v) is 13.1. The molecule has 20 heavy (non-hydrogen) atoms. The second-order valence-corrected chi connectivity index (χ2v) is 6.23. The SMILES string of the molecule is Cc1ccc(Br)cc1Oc1ccc(CNC2CC2)cc1. The molecule has 0 atom stereocenters. The lowest BCUT2D eigenvalue weighted by Crippen LogP contribution is -2.14. The molecular formula is C17H18BrNO. The fourth-order valence-electron chi connectivity index (χ4n) is 2.04. The number of benzene rings is 2. The first kappa shape index (κ1) is 13.7. The molecule has 1 aliphatic carbocycles. The van der Waals surface area contributed by atoms with E-state index in [2.05, 4.69) is 40.3 Å². The zero-order chi connectivity index (χ0) is 13.9. The van der Waals surface area contributed by atoms with E-state index < -0.39 is 0 Å². The summed E-state index contributed by atoms with van der Waals surface area (Å²) in [5, 5.41) is 3.51. The highest BCUT2D eigenvalue weighted by molar-refractivity contribution is 9.10. The molecule has 0 heterocycles. The van der Waals surface area contributed by atoms with Gasteiger partial charge in [0.15, 0.2) is 0 Å². The molecule has 0 unspecified atom stereocenters. The molecule has 0 aliphatic heterocycles. The van der Waals surface area contributed by atoms with Gasteiger partial charge >= 0.3 is 0 Å². The van der Waals surface area contributed by atoms with Crippen molar-refractivity contribution in [1.29, 1.82) is 0 Å². The minimum atomic E-state index is 0.746. The van der Waals surface area contributed by atoms with E-state index >= 15 is 0 Å². The smallest absolute Gasteiger partial charge is 0.131 e. The van der Waals surface area contributed by atoms with Gasteiger partial charge in [0.2, 0.25) is 0 Å². The molecular weight excluding hydrogens is 314 g/mol. The Kier molecular flexibility index (Phi) is 4.08. The largest absolute Gasteiger partial charge is 0.457 e. The van der Waals surface area contributed by atoms with Gasteiger partial charge in [0.25, 0.3) is 0 Å². The third-order valence-corrected chi connectivity index (χ3v) is 3.97. The predicted molar refractivity (Wildman–Crippen MR) is 85.3 cm³/mol. The topological polar surface area (TPSA) is 21.3 Å². The Morgan fingerprint density at radius 3 is 2.60 bits per heavy atom. The minimum absolute atomic E-state index is 0.746. The summed E-state index contributed by atoms with van der Waals surface area (Å²) in [6.07, 6.45) is 2.65. The Morgan fingerprint density at radius 2 is 1.90 bits per heavy atom. The lowest BCUT2D eigenvalue weighted by atomic mass is 10.2. The first-order valence-corrected chi connectivity index (χ1v) is 7.76. The van der Waals surface area contributed by atoms with Crippen molar-refractivity contribution in [3.63, 3.8) is 0 Å². The highest BCUT2D eigenvalue weighted by Crippen LogP contribution is 2.28. The van der Waals surface area contributed by atoms with Crippen LogP contribution in [0.4, 0.5) is 0 Å². The summed E-state index contributed by atoms with van der Waals surface area (Å²) in [6.45, 7) is 3.00. The number of hydrogen-bond donors (Lipinski definition) is 1. The van der Waals surface area contributed by atoms with E-state index in [4.69, 9.17) is 4.74 Å². The van der Waals surface area contributed by atoms with Crippen LogP contribution in [0.15, 0.2) is 46.9 Å². The van der Waals surface area contributed by atoms with Gasteiger partial charge in [0.1, 0.15) is 11.5 Å². The second kappa shape index (κ2) is 5.98. The highest BCUT2D eigenvalue weighted by Gasteiger charge is 2.19. The van der Waals surface area contributed by atoms with Crippen LogP contribution in [0.2, 0.25) is 0 Å². The molecule has 104 valence electrons. The molecule has 2 aromatic carbocycles. The summed E-state index contributed by atoms with van der Waals surface area (Å²) < 4.78 is 6.96. The molecule has 0 spiro atoms. The molecule has 1 fully saturated rings. The fraction of sp³-hybridized carbons (Fsp3) is 0.294. The van der Waals surface area contributed by atoms with Gasteiger partial charge in [0.05, 0.1) is 0 Å². The van der Waals surface area contributed by atoms with Crippen molar-refractivity contribution in [2.45, 2.75) is 32.4 Å². The molecule has 0 radical (unpaired) electrons. The van der Waals surface area contributed by atoms with Gasteiger partial charge in [-0.3, -0.25) is 0 Å². The van der Waals surface area contributed by atoms with Crippen LogP contribution in [0.3, 0.4) is 0 Å². The Balaban J connectivity index is 1.66. The van der Waals surface area contributed by atoms with Gasteiger partial charge in [-0.1, -0.05) is 34.1 Å². The summed E-state index contributed by atoms with van der Waals surface area (Å²) in [4.78, 5) is 0. The van der Waals surface area contributed by atoms with Gasteiger partial charge in [0, 0.05) is 17.1 Å². The van der Waals surface area contributed by atoms with Gasteiger partial charge in [-0.15, -0.1) is 0 Å². The molecule has 3 rings (SSSR count). The summed E-state index contributed by atoms with van der Waals surface area (Å²) in [6, 6.07) is 15.1. The van der Waals surface area contributed by atoms with Crippen LogP contribution in [0, 0.1) is 6.92 Å². The van der Waals surface area contributed by atoms with E-state index in [9.17, 15) is 0 Å². The number of aryl methyl sites for hydroxylation is 1. The first-order chi connectivity index (χ1) is 9.70. The van der Waals surface area contributed by atoms with Crippen LogP contribution >= 0.6 is 15.9 Å². The molecule has 0 saturated heterocycles. The molecule has 0 amide bonds. The number of halogens is 1. The van der Waals surface area contributed by atoms with Crippen LogP contribution in [0.1, 0.15) is 24.0 Å². The molecule has 2 aromatic rings. The van der Waals surface area contributed by atoms with Crippen molar-refractivity contribution < 1.29 is 4.74 Å². The lowest BCUT2D eigenvalue weighted by molar-refractivity contribution is 0.478. The van der Waals surface area contributed by atoms with Gasteiger partial charge in [-0.05, 0) is 55.2 Å². The molecule has 1 saturated carbocycles. The van der Waals surface area contributed by atoms with E-state index in [1.165, 1.54) is 18.4 Å². The van der Waals surface area contributed by atoms with Crippen molar-refractivity contribution in [3.8, 4) is 11.5 Å². The van der Waals surface area contributed by atoms with Crippen molar-refractivity contribution in [3.05, 3.63) is 58.1 Å². The quantitative estimate of drug-likeness (QED) is 0.849. The molecule has 1 aliphatic rings. The van der Waals surface area contributed by atoms with E-state index in [-0.39, 0.29) is 0 Å². The van der Waals surface area contributed by atoms with Crippen molar-refractivity contribution in [2.75, 3.05) is 0 Å². The van der Waals surface area contributed by atoms with Crippen molar-refractivity contribution >= 4 is 15.9 Å². The Labute approximate surface area is 128 Å². The molecule has 0 bridgehead atoms. The molecule has 0 aromatic heterocycles. The standard InChI is InChI=1S/C17H18BrNO/c1-12-2-5-14(18)10-17(12)20-16-8-3-13(4-9-16)11-19-15-6-7-15/h2-5,8-10,15,19H,6-7,11H2,1H3. The Hall–Kier alpha value is -1.32.